The number of hydrogen-bond donors (Lipinski definition) is 0. The van der Waals surface area contributed by atoms with E-state index in [-0.39, 0.29) is 5.78 Å². The predicted octanol–water partition coefficient (Wildman–Crippen LogP) is 11.0. The van der Waals surface area contributed by atoms with Crippen LogP contribution < -0.4 is 0 Å². The van der Waals surface area contributed by atoms with Gasteiger partial charge in [-0.1, -0.05) is 178 Å². The monoisotopic (exact) mass is 500 g/mol. The normalized spacial score (nSPS) is 7.06. The average Bonchev–Trinajstić information content (AvgIpc) is 2.96. The summed E-state index contributed by atoms with van der Waals surface area (Å²) < 4.78 is 4.25. The molecule has 0 aliphatic rings. The SMILES string of the molecule is CC.CC.CC.CC(C)C.CCC(C)=O.COC.c1ccccc1.c1ccccc1.c1ccccc1. The van der Waals surface area contributed by atoms with E-state index in [0.29, 0.717) is 6.42 Å². The number of carbonyl (C=O) groups excluding carboxylic acids is 1. The molecule has 0 unspecified atom stereocenters. The molecule has 3 aromatic carbocycles. The van der Waals surface area contributed by atoms with Gasteiger partial charge in [0.25, 0.3) is 0 Å². The van der Waals surface area contributed by atoms with Crippen molar-refractivity contribution in [2.75, 3.05) is 14.2 Å². The standard InChI is InChI=1S/3C6H6.C4H8O.C4H10.C2H6O.3C2H6/c3*1-2-4-6-5-3-1;1-3-4(2)5;1-4(2)3;1-3-2;3*1-2/h3*1-6H;3H2,1-2H3;4H,1-3H3;1-2H3;3*1-2H3. The van der Waals surface area contributed by atoms with Gasteiger partial charge in [-0.15, -0.1) is 0 Å². The van der Waals surface area contributed by atoms with E-state index in [1.165, 1.54) is 0 Å². The van der Waals surface area contributed by atoms with E-state index >= 15 is 0 Å². The minimum Gasteiger partial charge on any atom is -0.388 e. The highest BCUT2D eigenvalue weighted by Gasteiger charge is 1.77. The molecule has 0 saturated heterocycles. The third-order valence-electron chi connectivity index (χ3n) is 2.50. The van der Waals surface area contributed by atoms with Crippen LogP contribution in [0, 0.1) is 5.92 Å². The summed E-state index contributed by atoms with van der Waals surface area (Å²) in [7, 11) is 3.25. The van der Waals surface area contributed by atoms with Gasteiger partial charge in [0.15, 0.2) is 0 Å². The molecular weight excluding hydrogens is 440 g/mol. The number of hydrogen-bond acceptors (Lipinski definition) is 2. The third-order valence-corrected chi connectivity index (χ3v) is 2.50. The number of Topliss-reactive ketones (excluding diaryl/α,β-unsaturated/α-hetero) is 1. The largest absolute Gasteiger partial charge is 0.388 e. The maximum absolute atomic E-state index is 9.81. The van der Waals surface area contributed by atoms with E-state index in [0.717, 1.165) is 5.92 Å². The van der Waals surface area contributed by atoms with E-state index in [1.54, 1.807) is 21.1 Å². The van der Waals surface area contributed by atoms with E-state index in [1.807, 2.05) is 158 Å². The second kappa shape index (κ2) is 58.3. The fraction of sp³-hybridized carbons (Fsp3) is 0.441. The topological polar surface area (TPSA) is 26.3 Å². The molecule has 36 heavy (non-hydrogen) atoms. The molecular formula is C34H60O2. The lowest BCUT2D eigenvalue weighted by molar-refractivity contribution is -0.116. The van der Waals surface area contributed by atoms with Gasteiger partial charge >= 0.3 is 0 Å². The van der Waals surface area contributed by atoms with Crippen molar-refractivity contribution in [2.24, 2.45) is 5.92 Å². The van der Waals surface area contributed by atoms with E-state index in [2.05, 4.69) is 25.5 Å². The molecule has 0 aliphatic heterocycles. The summed E-state index contributed by atoms with van der Waals surface area (Å²) >= 11 is 0. The number of carbonyl (C=O) groups is 1. The van der Waals surface area contributed by atoms with Crippen LogP contribution in [-0.4, -0.2) is 20.0 Å². The molecule has 0 fully saturated rings. The van der Waals surface area contributed by atoms with Crippen LogP contribution in [0.4, 0.5) is 0 Å². The first kappa shape index (κ1) is 46.6. The van der Waals surface area contributed by atoms with E-state index in [4.69, 9.17) is 0 Å². The van der Waals surface area contributed by atoms with Crippen LogP contribution in [-0.2, 0) is 9.53 Å². The number of ether oxygens (including phenoxy) is 1. The molecule has 0 aliphatic carbocycles. The van der Waals surface area contributed by atoms with Gasteiger partial charge < -0.3 is 9.53 Å². The second-order valence-corrected chi connectivity index (χ2v) is 6.66. The third kappa shape index (κ3) is 96.0. The Bertz CT molecular complexity index is 451. The number of benzene rings is 3. The Morgan fingerprint density at radius 1 is 0.500 bits per heavy atom. The first-order valence-corrected chi connectivity index (χ1v) is 13.3. The minimum atomic E-state index is 0.255. The number of ketones is 1. The Balaban J connectivity index is -0.0000000729. The van der Waals surface area contributed by atoms with Gasteiger partial charge in [-0.3, -0.25) is 0 Å². The molecule has 0 radical (unpaired) electrons. The smallest absolute Gasteiger partial charge is 0.129 e. The summed E-state index contributed by atoms with van der Waals surface area (Å²) in [4.78, 5) is 9.81. The van der Waals surface area contributed by atoms with Crippen LogP contribution in [0.1, 0.15) is 82.6 Å². The molecule has 3 rings (SSSR count). The maximum Gasteiger partial charge on any atom is 0.129 e. The Morgan fingerprint density at radius 2 is 0.556 bits per heavy atom. The number of rotatable bonds is 1. The first-order chi connectivity index (χ1) is 17.4. The summed E-state index contributed by atoms with van der Waals surface area (Å²) in [6.45, 7) is 21.9. The highest BCUT2D eigenvalue weighted by atomic mass is 16.4. The van der Waals surface area contributed by atoms with Gasteiger partial charge in [-0.05, 0) is 12.8 Å². The molecule has 3 aromatic rings. The van der Waals surface area contributed by atoms with Gasteiger partial charge in [0.2, 0.25) is 0 Å². The Kier molecular flexibility index (Phi) is 75.5. The van der Waals surface area contributed by atoms with Crippen LogP contribution >= 0.6 is 0 Å². The lowest BCUT2D eigenvalue weighted by atomic mass is 10.3. The Hall–Kier alpha value is -2.71. The zero-order valence-electron chi connectivity index (χ0n) is 26.0. The molecule has 0 atom stereocenters. The predicted molar refractivity (Wildman–Crippen MR) is 168 cm³/mol. The molecule has 2 nitrogen and oxygen atoms in total. The van der Waals surface area contributed by atoms with E-state index < -0.39 is 0 Å². The lowest BCUT2D eigenvalue weighted by Gasteiger charge is -1.79. The zero-order chi connectivity index (χ0) is 29.3. The molecule has 0 saturated carbocycles. The van der Waals surface area contributed by atoms with Gasteiger partial charge in [0.1, 0.15) is 5.78 Å². The lowest BCUT2D eigenvalue weighted by Crippen LogP contribution is -1.80. The highest BCUT2D eigenvalue weighted by Crippen LogP contribution is 1.82. The van der Waals surface area contributed by atoms with Crippen molar-refractivity contribution in [1.82, 2.24) is 0 Å². The van der Waals surface area contributed by atoms with Crippen molar-refractivity contribution in [3.63, 3.8) is 0 Å². The minimum absolute atomic E-state index is 0.255. The average molecular weight is 501 g/mol. The van der Waals surface area contributed by atoms with Crippen LogP contribution in [0.2, 0.25) is 0 Å². The molecule has 0 aromatic heterocycles. The fourth-order valence-electron chi connectivity index (χ4n) is 1.15. The molecule has 0 bridgehead atoms. The first-order valence-electron chi connectivity index (χ1n) is 13.3. The Labute approximate surface area is 227 Å². The van der Waals surface area contributed by atoms with Crippen molar-refractivity contribution >= 4 is 5.78 Å². The second-order valence-electron chi connectivity index (χ2n) is 6.66. The van der Waals surface area contributed by atoms with Crippen molar-refractivity contribution in [3.05, 3.63) is 109 Å². The molecule has 0 amide bonds. The molecule has 2 heteroatoms. The summed E-state index contributed by atoms with van der Waals surface area (Å²) in [5.74, 6) is 1.09. The summed E-state index contributed by atoms with van der Waals surface area (Å²) in [6.07, 6.45) is 0.667. The van der Waals surface area contributed by atoms with Crippen LogP contribution in [0.5, 0.6) is 0 Å². The van der Waals surface area contributed by atoms with Gasteiger partial charge in [-0.25, -0.2) is 0 Å². The van der Waals surface area contributed by atoms with Gasteiger partial charge in [0, 0.05) is 20.6 Å². The van der Waals surface area contributed by atoms with Crippen molar-refractivity contribution in [1.29, 1.82) is 0 Å². The van der Waals surface area contributed by atoms with Crippen LogP contribution in [0.25, 0.3) is 0 Å². The Morgan fingerprint density at radius 3 is 0.583 bits per heavy atom. The van der Waals surface area contributed by atoms with E-state index in [9.17, 15) is 4.79 Å². The summed E-state index contributed by atoms with van der Waals surface area (Å²) in [5.41, 5.74) is 0. The molecule has 0 spiro atoms. The molecule has 0 N–H and O–H groups in total. The quantitative estimate of drug-likeness (QED) is 0.332. The summed E-state index contributed by atoms with van der Waals surface area (Å²) in [5, 5.41) is 0. The molecule has 0 heterocycles. The summed E-state index contributed by atoms with van der Waals surface area (Å²) in [6, 6.07) is 36.0. The van der Waals surface area contributed by atoms with Gasteiger partial charge in [-0.2, -0.15) is 0 Å². The van der Waals surface area contributed by atoms with Crippen LogP contribution in [0.15, 0.2) is 109 Å². The molecule has 208 valence electrons. The van der Waals surface area contributed by atoms with Crippen molar-refractivity contribution in [3.8, 4) is 0 Å². The van der Waals surface area contributed by atoms with Crippen molar-refractivity contribution in [2.45, 2.75) is 82.6 Å². The fourth-order valence-corrected chi connectivity index (χ4v) is 1.15. The van der Waals surface area contributed by atoms with Crippen molar-refractivity contribution < 1.29 is 9.53 Å². The maximum atomic E-state index is 9.81. The van der Waals surface area contributed by atoms with Gasteiger partial charge in [0.05, 0.1) is 0 Å². The number of methoxy groups -OCH3 is 1. The van der Waals surface area contributed by atoms with Crippen LogP contribution in [0.3, 0.4) is 0 Å². The highest BCUT2D eigenvalue weighted by molar-refractivity contribution is 5.74. The zero-order valence-corrected chi connectivity index (χ0v) is 26.0.